The lowest BCUT2D eigenvalue weighted by atomic mass is 10.3. The van der Waals surface area contributed by atoms with Gasteiger partial charge in [0.25, 0.3) is 0 Å². The Morgan fingerprint density at radius 2 is 1.47 bits per heavy atom. The molecule has 0 fully saturated rings. The van der Waals surface area contributed by atoms with E-state index in [9.17, 15) is 0 Å². The van der Waals surface area contributed by atoms with Crippen molar-refractivity contribution in [2.24, 2.45) is 0 Å². The summed E-state index contributed by atoms with van der Waals surface area (Å²) in [6.07, 6.45) is 4.01. The fraction of sp³-hybridized carbons (Fsp3) is 0.273. The molecule has 0 saturated carbocycles. The summed E-state index contributed by atoms with van der Waals surface area (Å²) in [4.78, 5) is 0. The van der Waals surface area contributed by atoms with Crippen LogP contribution in [0.1, 0.15) is 0 Å². The standard InChI is InChI=1S/C11H15N3O/c1-12-8-9-13(2)14(12)10-4-6-11(15-3)7-5-10/h4-9H,1-3H3. The first-order valence-electron chi connectivity index (χ1n) is 4.80. The molecular weight excluding hydrogens is 190 g/mol. The summed E-state index contributed by atoms with van der Waals surface area (Å²) in [5, 5.41) is 6.09. The molecule has 0 aliphatic carbocycles. The van der Waals surface area contributed by atoms with E-state index < -0.39 is 0 Å². The second-order valence-corrected chi connectivity index (χ2v) is 3.43. The van der Waals surface area contributed by atoms with Crippen molar-refractivity contribution in [3.63, 3.8) is 0 Å². The van der Waals surface area contributed by atoms with Crippen LogP contribution < -0.4 is 9.85 Å². The normalized spacial score (nSPS) is 15.0. The summed E-state index contributed by atoms with van der Waals surface area (Å²) in [5.41, 5.74) is 1.10. The molecule has 0 radical (unpaired) electrons. The monoisotopic (exact) mass is 205 g/mol. The van der Waals surface area contributed by atoms with Gasteiger partial charge in [-0.05, 0) is 24.3 Å². The highest BCUT2D eigenvalue weighted by Crippen LogP contribution is 2.23. The van der Waals surface area contributed by atoms with Crippen LogP contribution in [-0.4, -0.2) is 31.2 Å². The topological polar surface area (TPSA) is 19.0 Å². The molecule has 4 heteroatoms. The lowest BCUT2D eigenvalue weighted by molar-refractivity contribution is 0.285. The fourth-order valence-corrected chi connectivity index (χ4v) is 1.62. The van der Waals surface area contributed by atoms with Crippen LogP contribution in [0.15, 0.2) is 36.7 Å². The van der Waals surface area contributed by atoms with Crippen LogP contribution in [0, 0.1) is 0 Å². The Hall–Kier alpha value is -1.84. The van der Waals surface area contributed by atoms with Crippen molar-refractivity contribution in [2.75, 3.05) is 26.3 Å². The molecule has 0 amide bonds. The van der Waals surface area contributed by atoms with E-state index in [-0.39, 0.29) is 0 Å². The first-order valence-corrected chi connectivity index (χ1v) is 4.80. The van der Waals surface area contributed by atoms with E-state index in [1.807, 2.05) is 60.8 Å². The number of hydrogen-bond acceptors (Lipinski definition) is 4. The van der Waals surface area contributed by atoms with Crippen molar-refractivity contribution in [1.29, 1.82) is 0 Å². The Balaban J connectivity index is 2.22. The molecule has 1 heterocycles. The van der Waals surface area contributed by atoms with E-state index >= 15 is 0 Å². The summed E-state index contributed by atoms with van der Waals surface area (Å²) < 4.78 is 5.12. The predicted molar refractivity (Wildman–Crippen MR) is 60.1 cm³/mol. The van der Waals surface area contributed by atoms with Crippen LogP contribution in [0.5, 0.6) is 5.75 Å². The second-order valence-electron chi connectivity index (χ2n) is 3.43. The summed E-state index contributed by atoms with van der Waals surface area (Å²) >= 11 is 0. The van der Waals surface area contributed by atoms with E-state index in [1.54, 1.807) is 7.11 Å². The fourth-order valence-electron chi connectivity index (χ4n) is 1.62. The minimum absolute atomic E-state index is 0.871. The van der Waals surface area contributed by atoms with E-state index in [0.717, 1.165) is 11.4 Å². The third-order valence-electron chi connectivity index (χ3n) is 2.40. The molecule has 0 atom stereocenters. The number of ether oxygens (including phenoxy) is 1. The Labute approximate surface area is 89.9 Å². The highest BCUT2D eigenvalue weighted by molar-refractivity contribution is 5.48. The van der Waals surface area contributed by atoms with Gasteiger partial charge < -0.3 is 4.74 Å². The first kappa shape index (κ1) is 9.71. The third-order valence-corrected chi connectivity index (χ3v) is 2.40. The number of nitrogens with zero attached hydrogens (tertiary/aromatic N) is 3. The number of hydrazine groups is 2. The van der Waals surface area contributed by atoms with Crippen LogP contribution in [0.2, 0.25) is 0 Å². The van der Waals surface area contributed by atoms with Crippen LogP contribution in [0.3, 0.4) is 0 Å². The molecule has 0 N–H and O–H groups in total. The molecule has 0 saturated heterocycles. The molecule has 0 aromatic heterocycles. The minimum Gasteiger partial charge on any atom is -0.497 e. The maximum Gasteiger partial charge on any atom is 0.119 e. The molecule has 4 nitrogen and oxygen atoms in total. The summed E-state index contributed by atoms with van der Waals surface area (Å²) in [7, 11) is 5.68. The average Bonchev–Trinajstić information content (AvgIpc) is 2.59. The molecule has 1 aliphatic heterocycles. The number of anilines is 1. The Morgan fingerprint density at radius 3 is 1.93 bits per heavy atom. The number of hydrogen-bond donors (Lipinski definition) is 0. The Bertz CT molecular complexity index is 349. The van der Waals surface area contributed by atoms with E-state index in [1.165, 1.54) is 0 Å². The maximum absolute atomic E-state index is 5.12. The number of methoxy groups -OCH3 is 1. The van der Waals surface area contributed by atoms with Crippen molar-refractivity contribution in [1.82, 2.24) is 10.0 Å². The zero-order chi connectivity index (χ0) is 10.8. The highest BCUT2D eigenvalue weighted by atomic mass is 16.5. The average molecular weight is 205 g/mol. The smallest absolute Gasteiger partial charge is 0.119 e. The van der Waals surface area contributed by atoms with Crippen LogP contribution in [0.4, 0.5) is 5.69 Å². The molecule has 2 rings (SSSR count). The van der Waals surface area contributed by atoms with E-state index in [2.05, 4.69) is 5.12 Å². The van der Waals surface area contributed by atoms with Crippen LogP contribution in [0.25, 0.3) is 0 Å². The zero-order valence-corrected chi connectivity index (χ0v) is 9.21. The van der Waals surface area contributed by atoms with Gasteiger partial charge in [0, 0.05) is 26.5 Å². The quantitative estimate of drug-likeness (QED) is 0.731. The largest absolute Gasteiger partial charge is 0.497 e. The molecule has 1 aromatic rings. The van der Waals surface area contributed by atoms with Crippen LogP contribution >= 0.6 is 0 Å². The van der Waals surface area contributed by atoms with Crippen molar-refractivity contribution in [2.45, 2.75) is 0 Å². The lowest BCUT2D eigenvalue weighted by Crippen LogP contribution is -2.40. The second kappa shape index (κ2) is 3.73. The number of benzene rings is 1. The zero-order valence-electron chi connectivity index (χ0n) is 9.21. The third kappa shape index (κ3) is 1.70. The maximum atomic E-state index is 5.12. The molecular formula is C11H15N3O. The van der Waals surface area contributed by atoms with Crippen molar-refractivity contribution in [3.05, 3.63) is 36.7 Å². The van der Waals surface area contributed by atoms with Gasteiger partial charge in [0.1, 0.15) is 5.75 Å². The van der Waals surface area contributed by atoms with Gasteiger partial charge in [-0.2, -0.15) is 5.12 Å². The molecule has 80 valence electrons. The van der Waals surface area contributed by atoms with Gasteiger partial charge in [-0.15, -0.1) is 0 Å². The molecule has 15 heavy (non-hydrogen) atoms. The van der Waals surface area contributed by atoms with Gasteiger partial charge in [0.2, 0.25) is 0 Å². The minimum atomic E-state index is 0.871. The van der Waals surface area contributed by atoms with E-state index in [4.69, 9.17) is 4.74 Å². The molecule has 0 bridgehead atoms. The van der Waals surface area contributed by atoms with Gasteiger partial charge >= 0.3 is 0 Å². The molecule has 1 aromatic carbocycles. The predicted octanol–water partition coefficient (Wildman–Crippen LogP) is 1.68. The SMILES string of the molecule is COc1ccc(N2N(C)C=CN2C)cc1. The van der Waals surface area contributed by atoms with Crippen molar-refractivity contribution in [3.8, 4) is 5.75 Å². The van der Waals surface area contributed by atoms with Crippen molar-refractivity contribution < 1.29 is 4.74 Å². The first-order chi connectivity index (χ1) is 7.22. The van der Waals surface area contributed by atoms with Gasteiger partial charge in [0.15, 0.2) is 0 Å². The summed E-state index contributed by atoms with van der Waals surface area (Å²) in [6, 6.07) is 7.96. The Kier molecular flexibility index (Phi) is 2.41. The van der Waals surface area contributed by atoms with Crippen molar-refractivity contribution >= 4 is 5.69 Å². The summed E-state index contributed by atoms with van der Waals surface area (Å²) in [5.74, 6) is 0.871. The molecule has 0 unspecified atom stereocenters. The van der Waals surface area contributed by atoms with Gasteiger partial charge in [-0.3, -0.25) is 10.0 Å². The summed E-state index contributed by atoms with van der Waals surface area (Å²) in [6.45, 7) is 0. The lowest BCUT2D eigenvalue weighted by Gasteiger charge is -2.32. The molecule has 0 spiro atoms. The number of rotatable bonds is 2. The molecule has 1 aliphatic rings. The van der Waals surface area contributed by atoms with E-state index in [0.29, 0.717) is 0 Å². The van der Waals surface area contributed by atoms with Gasteiger partial charge in [-0.1, -0.05) is 0 Å². The highest BCUT2D eigenvalue weighted by Gasteiger charge is 2.17. The van der Waals surface area contributed by atoms with Gasteiger partial charge in [0.05, 0.1) is 12.8 Å². The van der Waals surface area contributed by atoms with Gasteiger partial charge in [-0.25, -0.2) is 0 Å². The van der Waals surface area contributed by atoms with Crippen LogP contribution in [-0.2, 0) is 0 Å². The Morgan fingerprint density at radius 1 is 0.933 bits per heavy atom.